The number of thiophene rings is 1. The standard InChI is InChI=1S/C19H20N6OS3/c1-9-4-5-12-13(6-9)29-17-15(12)16-23-24-19(25(16)8-20-17)27-7-14(26)22-18-21-10(2)11(3)28-18/h8-9H,4-7H2,1-3H3,(H,21,22,26)/t9-/m1/s1. The van der Waals surface area contributed by atoms with Crippen LogP contribution in [0.1, 0.15) is 34.4 Å². The smallest absolute Gasteiger partial charge is 0.236 e. The maximum Gasteiger partial charge on any atom is 0.236 e. The van der Waals surface area contributed by atoms with Crippen molar-refractivity contribution in [3.8, 4) is 0 Å². The van der Waals surface area contributed by atoms with E-state index in [4.69, 9.17) is 0 Å². The lowest BCUT2D eigenvalue weighted by Gasteiger charge is -2.17. The first-order valence-electron chi connectivity index (χ1n) is 9.50. The van der Waals surface area contributed by atoms with Gasteiger partial charge in [-0.25, -0.2) is 9.97 Å². The van der Waals surface area contributed by atoms with Gasteiger partial charge in [0.1, 0.15) is 11.2 Å². The van der Waals surface area contributed by atoms with Crippen molar-refractivity contribution in [3.63, 3.8) is 0 Å². The van der Waals surface area contributed by atoms with Gasteiger partial charge in [0.15, 0.2) is 15.9 Å². The molecule has 0 radical (unpaired) electrons. The van der Waals surface area contributed by atoms with Crippen LogP contribution in [0.15, 0.2) is 11.5 Å². The normalized spacial score (nSPS) is 16.4. The minimum Gasteiger partial charge on any atom is -0.301 e. The highest BCUT2D eigenvalue weighted by molar-refractivity contribution is 7.99. The van der Waals surface area contributed by atoms with E-state index in [0.717, 1.165) is 45.2 Å². The van der Waals surface area contributed by atoms with E-state index in [-0.39, 0.29) is 11.7 Å². The zero-order chi connectivity index (χ0) is 20.1. The van der Waals surface area contributed by atoms with Gasteiger partial charge in [-0.3, -0.25) is 9.20 Å². The summed E-state index contributed by atoms with van der Waals surface area (Å²) in [5.41, 5.74) is 3.18. The number of amides is 1. The molecule has 0 fully saturated rings. The average molecular weight is 445 g/mol. The first kappa shape index (κ1) is 19.0. The van der Waals surface area contributed by atoms with E-state index >= 15 is 0 Å². The molecule has 0 saturated heterocycles. The van der Waals surface area contributed by atoms with Crippen LogP contribution in [0, 0.1) is 19.8 Å². The molecule has 0 aromatic carbocycles. The second-order valence-electron chi connectivity index (χ2n) is 7.45. The van der Waals surface area contributed by atoms with Gasteiger partial charge in [-0.15, -0.1) is 32.9 Å². The van der Waals surface area contributed by atoms with Gasteiger partial charge in [0, 0.05) is 9.75 Å². The number of nitrogens with one attached hydrogen (secondary N) is 1. The molecule has 1 atom stereocenters. The topological polar surface area (TPSA) is 85.1 Å². The first-order chi connectivity index (χ1) is 14.0. The molecular weight excluding hydrogens is 424 g/mol. The summed E-state index contributed by atoms with van der Waals surface area (Å²) < 4.78 is 1.91. The third-order valence-electron chi connectivity index (χ3n) is 5.28. The molecule has 4 heterocycles. The number of aryl methyl sites for hydroxylation is 3. The number of thioether (sulfide) groups is 1. The van der Waals surface area contributed by atoms with Crippen molar-refractivity contribution in [2.45, 2.75) is 45.2 Å². The molecule has 1 amide bonds. The number of carbonyl (C=O) groups excluding carboxylic acids is 1. The molecule has 0 aliphatic heterocycles. The van der Waals surface area contributed by atoms with Crippen molar-refractivity contribution in [2.24, 2.45) is 5.92 Å². The molecule has 10 heteroatoms. The van der Waals surface area contributed by atoms with Crippen molar-refractivity contribution >= 4 is 61.3 Å². The van der Waals surface area contributed by atoms with Gasteiger partial charge in [0.25, 0.3) is 0 Å². The van der Waals surface area contributed by atoms with Crippen molar-refractivity contribution in [1.82, 2.24) is 24.6 Å². The van der Waals surface area contributed by atoms with Crippen LogP contribution < -0.4 is 5.32 Å². The van der Waals surface area contributed by atoms with Gasteiger partial charge in [-0.05, 0) is 44.6 Å². The van der Waals surface area contributed by atoms with E-state index in [1.54, 1.807) is 17.7 Å². The lowest BCUT2D eigenvalue weighted by molar-refractivity contribution is -0.113. The quantitative estimate of drug-likeness (QED) is 0.473. The molecule has 1 aliphatic carbocycles. The lowest BCUT2D eigenvalue weighted by atomic mass is 9.89. The summed E-state index contributed by atoms with van der Waals surface area (Å²) >= 11 is 4.63. The summed E-state index contributed by atoms with van der Waals surface area (Å²) in [4.78, 5) is 24.9. The Morgan fingerprint density at radius 1 is 1.34 bits per heavy atom. The molecule has 1 N–H and O–H groups in total. The minimum atomic E-state index is -0.101. The van der Waals surface area contributed by atoms with E-state index in [0.29, 0.717) is 10.3 Å². The number of nitrogens with zero attached hydrogens (tertiary/aromatic N) is 5. The van der Waals surface area contributed by atoms with Crippen LogP contribution in [-0.4, -0.2) is 36.2 Å². The van der Waals surface area contributed by atoms with Crippen molar-refractivity contribution in [1.29, 1.82) is 0 Å². The molecule has 0 spiro atoms. The van der Waals surface area contributed by atoms with Crippen molar-refractivity contribution in [3.05, 3.63) is 27.3 Å². The number of hydrogen-bond acceptors (Lipinski definition) is 8. The number of anilines is 1. The van der Waals surface area contributed by atoms with Gasteiger partial charge in [-0.1, -0.05) is 18.7 Å². The molecule has 0 bridgehead atoms. The maximum absolute atomic E-state index is 12.3. The van der Waals surface area contributed by atoms with Crippen molar-refractivity contribution < 1.29 is 4.79 Å². The number of thiazole rings is 1. The molecule has 1 aliphatic rings. The number of rotatable bonds is 4. The predicted octanol–water partition coefficient (Wildman–Crippen LogP) is 4.27. The van der Waals surface area contributed by atoms with E-state index in [1.807, 2.05) is 18.2 Å². The first-order valence-corrected chi connectivity index (χ1v) is 12.1. The fourth-order valence-electron chi connectivity index (χ4n) is 3.63. The maximum atomic E-state index is 12.3. The lowest BCUT2D eigenvalue weighted by Crippen LogP contribution is -2.14. The van der Waals surface area contributed by atoms with Crippen LogP contribution in [-0.2, 0) is 17.6 Å². The molecule has 4 aromatic rings. The van der Waals surface area contributed by atoms with Crippen LogP contribution in [0.5, 0.6) is 0 Å². The van der Waals surface area contributed by atoms with E-state index in [2.05, 4.69) is 32.4 Å². The molecule has 7 nitrogen and oxygen atoms in total. The van der Waals surface area contributed by atoms with Crippen LogP contribution >= 0.6 is 34.4 Å². The highest BCUT2D eigenvalue weighted by atomic mass is 32.2. The molecule has 4 aromatic heterocycles. The number of aromatic nitrogens is 5. The SMILES string of the molecule is Cc1nc(NC(=O)CSc2nnc3c4c5c(sc4ncn23)C[C@H](C)CC5)sc1C. The third-order valence-corrected chi connectivity index (χ3v) is 8.37. The molecule has 0 saturated carbocycles. The summed E-state index contributed by atoms with van der Waals surface area (Å²) in [6.45, 7) is 6.25. The summed E-state index contributed by atoms with van der Waals surface area (Å²) in [5.74, 6) is 0.867. The predicted molar refractivity (Wildman–Crippen MR) is 118 cm³/mol. The van der Waals surface area contributed by atoms with Crippen LogP contribution in [0.2, 0.25) is 0 Å². The highest BCUT2D eigenvalue weighted by Gasteiger charge is 2.24. The Kier molecular flexibility index (Phi) is 4.79. The zero-order valence-electron chi connectivity index (χ0n) is 16.4. The van der Waals surface area contributed by atoms with E-state index in [9.17, 15) is 4.79 Å². The van der Waals surface area contributed by atoms with E-state index < -0.39 is 0 Å². The molecule has 5 rings (SSSR count). The molecule has 0 unspecified atom stereocenters. The van der Waals surface area contributed by atoms with Gasteiger partial charge in [0.05, 0.1) is 16.8 Å². The summed E-state index contributed by atoms with van der Waals surface area (Å²) in [6, 6.07) is 0. The number of hydrogen-bond donors (Lipinski definition) is 1. The number of fused-ring (bicyclic) bond motifs is 5. The third kappa shape index (κ3) is 3.43. The van der Waals surface area contributed by atoms with Gasteiger partial charge in [-0.2, -0.15) is 0 Å². The van der Waals surface area contributed by atoms with E-state index in [1.165, 1.54) is 40.0 Å². The van der Waals surface area contributed by atoms with Crippen LogP contribution in [0.3, 0.4) is 0 Å². The summed E-state index contributed by atoms with van der Waals surface area (Å²) in [7, 11) is 0. The fourth-order valence-corrected chi connectivity index (χ4v) is 6.51. The van der Waals surface area contributed by atoms with Gasteiger partial charge >= 0.3 is 0 Å². The van der Waals surface area contributed by atoms with Gasteiger partial charge in [0.2, 0.25) is 5.91 Å². The molecule has 29 heavy (non-hydrogen) atoms. The highest BCUT2D eigenvalue weighted by Crippen LogP contribution is 2.39. The zero-order valence-corrected chi connectivity index (χ0v) is 18.8. The van der Waals surface area contributed by atoms with Crippen LogP contribution in [0.4, 0.5) is 5.13 Å². The monoisotopic (exact) mass is 444 g/mol. The Morgan fingerprint density at radius 2 is 2.21 bits per heavy atom. The largest absolute Gasteiger partial charge is 0.301 e. The number of carbonyl (C=O) groups is 1. The second-order valence-corrected chi connectivity index (χ2v) is 10.7. The Morgan fingerprint density at radius 3 is 3.00 bits per heavy atom. The Bertz CT molecular complexity index is 1220. The average Bonchev–Trinajstić information content (AvgIpc) is 3.34. The Labute approximate surface area is 180 Å². The Hall–Kier alpha value is -2.04. The molecule has 150 valence electrons. The summed E-state index contributed by atoms with van der Waals surface area (Å²) in [5, 5.41) is 14.1. The summed E-state index contributed by atoms with van der Waals surface area (Å²) in [6.07, 6.45) is 5.17. The van der Waals surface area contributed by atoms with Crippen molar-refractivity contribution in [2.75, 3.05) is 11.1 Å². The molecular formula is C19H20N6OS3. The second kappa shape index (κ2) is 7.33. The van der Waals surface area contributed by atoms with Gasteiger partial charge < -0.3 is 5.32 Å². The Balaban J connectivity index is 1.38. The minimum absolute atomic E-state index is 0.101. The van der Waals surface area contributed by atoms with Crippen LogP contribution in [0.25, 0.3) is 15.9 Å². The fraction of sp³-hybridized carbons (Fsp3) is 0.421.